The van der Waals surface area contributed by atoms with Gasteiger partial charge in [0.25, 0.3) is 0 Å². The Bertz CT molecular complexity index is 708. The van der Waals surface area contributed by atoms with Gasteiger partial charge in [-0.2, -0.15) is 0 Å². The van der Waals surface area contributed by atoms with Crippen molar-refractivity contribution >= 4 is 26.7 Å². The number of fused-ring (bicyclic) bond motifs is 1. The smallest absolute Gasteiger partial charge is 0.0259 e. The Morgan fingerprint density at radius 2 is 1.39 bits per heavy atom. The third kappa shape index (κ3) is 1.85. The van der Waals surface area contributed by atoms with E-state index >= 15 is 0 Å². The molecule has 0 unspecified atom stereocenters. The van der Waals surface area contributed by atoms with E-state index in [0.717, 1.165) is 4.47 Å². The fourth-order valence-corrected chi connectivity index (χ4v) is 2.99. The van der Waals surface area contributed by atoms with Gasteiger partial charge in [0.15, 0.2) is 0 Å². The van der Waals surface area contributed by atoms with E-state index in [-0.39, 0.29) is 0 Å². The molecule has 0 aliphatic carbocycles. The van der Waals surface area contributed by atoms with Gasteiger partial charge in [-0.05, 0) is 35.1 Å². The molecule has 88 valence electrons. The van der Waals surface area contributed by atoms with E-state index in [1.807, 2.05) is 0 Å². The van der Waals surface area contributed by atoms with Crippen molar-refractivity contribution in [2.45, 2.75) is 6.92 Å². The molecule has 0 bridgehead atoms. The molecule has 3 aromatic rings. The standard InChI is InChI=1S/C17H13Br/c1-12-6-2-3-9-14(12)15-10-4-7-13-8-5-11-16(18)17(13)15/h2-11H,1H3. The Labute approximate surface area is 115 Å². The van der Waals surface area contributed by atoms with Gasteiger partial charge in [0.05, 0.1) is 0 Å². The number of aryl methyl sites for hydroxylation is 1. The third-order valence-electron chi connectivity index (χ3n) is 3.29. The first-order valence-corrected chi connectivity index (χ1v) is 6.80. The fraction of sp³-hybridized carbons (Fsp3) is 0.0588. The highest BCUT2D eigenvalue weighted by atomic mass is 79.9. The molecule has 0 aliphatic rings. The molecule has 0 saturated carbocycles. The maximum atomic E-state index is 3.67. The maximum absolute atomic E-state index is 3.67. The van der Waals surface area contributed by atoms with E-state index in [4.69, 9.17) is 0 Å². The molecule has 0 spiro atoms. The summed E-state index contributed by atoms with van der Waals surface area (Å²) in [6, 6.07) is 21.3. The van der Waals surface area contributed by atoms with Crippen LogP contribution in [0.25, 0.3) is 21.9 Å². The first-order valence-electron chi connectivity index (χ1n) is 6.00. The van der Waals surface area contributed by atoms with Crippen LogP contribution in [0.1, 0.15) is 5.56 Å². The second-order valence-electron chi connectivity index (χ2n) is 4.46. The molecule has 3 rings (SSSR count). The second kappa shape index (κ2) is 4.58. The highest BCUT2D eigenvalue weighted by molar-refractivity contribution is 9.10. The van der Waals surface area contributed by atoms with E-state index in [9.17, 15) is 0 Å². The summed E-state index contributed by atoms with van der Waals surface area (Å²) in [7, 11) is 0. The summed E-state index contributed by atoms with van der Waals surface area (Å²) in [5, 5.41) is 2.56. The van der Waals surface area contributed by atoms with Gasteiger partial charge in [-0.15, -0.1) is 0 Å². The highest BCUT2D eigenvalue weighted by Crippen LogP contribution is 2.35. The fourth-order valence-electron chi connectivity index (χ4n) is 2.39. The summed E-state index contributed by atoms with van der Waals surface area (Å²) < 4.78 is 1.15. The average Bonchev–Trinajstić information content (AvgIpc) is 2.39. The molecule has 0 nitrogen and oxygen atoms in total. The van der Waals surface area contributed by atoms with E-state index in [0.29, 0.717) is 0 Å². The molecule has 18 heavy (non-hydrogen) atoms. The number of hydrogen-bond acceptors (Lipinski definition) is 0. The lowest BCUT2D eigenvalue weighted by Crippen LogP contribution is -1.85. The van der Waals surface area contributed by atoms with Crippen molar-refractivity contribution in [2.75, 3.05) is 0 Å². The molecule has 0 saturated heterocycles. The number of hydrogen-bond donors (Lipinski definition) is 0. The molecule has 0 heterocycles. The zero-order chi connectivity index (χ0) is 12.5. The summed E-state index contributed by atoms with van der Waals surface area (Å²) >= 11 is 3.67. The first kappa shape index (κ1) is 11.5. The lowest BCUT2D eigenvalue weighted by Gasteiger charge is -2.11. The molecule has 0 aliphatic heterocycles. The Balaban J connectivity index is 2.40. The van der Waals surface area contributed by atoms with Crippen molar-refractivity contribution in [1.82, 2.24) is 0 Å². The van der Waals surface area contributed by atoms with Gasteiger partial charge in [-0.1, -0.05) is 70.5 Å². The predicted molar refractivity (Wildman–Crippen MR) is 81.8 cm³/mol. The van der Waals surface area contributed by atoms with E-state index in [1.54, 1.807) is 0 Å². The lowest BCUT2D eigenvalue weighted by atomic mass is 9.95. The van der Waals surface area contributed by atoms with E-state index in [1.165, 1.54) is 27.5 Å². The Morgan fingerprint density at radius 3 is 2.17 bits per heavy atom. The van der Waals surface area contributed by atoms with Crippen molar-refractivity contribution in [1.29, 1.82) is 0 Å². The van der Waals surface area contributed by atoms with Gasteiger partial charge >= 0.3 is 0 Å². The topological polar surface area (TPSA) is 0 Å². The predicted octanol–water partition coefficient (Wildman–Crippen LogP) is 5.58. The van der Waals surface area contributed by atoms with Crippen LogP contribution in [0.5, 0.6) is 0 Å². The molecule has 0 fully saturated rings. The summed E-state index contributed by atoms with van der Waals surface area (Å²) in [5.41, 5.74) is 3.90. The van der Waals surface area contributed by atoms with Crippen LogP contribution >= 0.6 is 15.9 Å². The normalized spacial score (nSPS) is 10.8. The van der Waals surface area contributed by atoms with Crippen LogP contribution in [0.2, 0.25) is 0 Å². The molecule has 0 atom stereocenters. The SMILES string of the molecule is Cc1ccccc1-c1cccc2cccc(Br)c12. The Morgan fingerprint density at radius 1 is 0.722 bits per heavy atom. The van der Waals surface area contributed by atoms with Crippen molar-refractivity contribution in [3.8, 4) is 11.1 Å². The molecule has 0 amide bonds. The van der Waals surface area contributed by atoms with Crippen LogP contribution in [0, 0.1) is 6.92 Å². The number of benzene rings is 3. The second-order valence-corrected chi connectivity index (χ2v) is 5.31. The monoisotopic (exact) mass is 296 g/mol. The van der Waals surface area contributed by atoms with Crippen molar-refractivity contribution in [3.63, 3.8) is 0 Å². The molecular formula is C17H13Br. The maximum Gasteiger partial charge on any atom is 0.0259 e. The minimum atomic E-state index is 1.15. The summed E-state index contributed by atoms with van der Waals surface area (Å²) in [5.74, 6) is 0. The Kier molecular flexibility index (Phi) is 2.92. The molecule has 3 aromatic carbocycles. The Hall–Kier alpha value is -1.60. The zero-order valence-electron chi connectivity index (χ0n) is 10.2. The highest BCUT2D eigenvalue weighted by Gasteiger charge is 2.07. The van der Waals surface area contributed by atoms with Crippen molar-refractivity contribution in [2.24, 2.45) is 0 Å². The van der Waals surface area contributed by atoms with Crippen molar-refractivity contribution in [3.05, 3.63) is 70.7 Å². The lowest BCUT2D eigenvalue weighted by molar-refractivity contribution is 1.47. The van der Waals surface area contributed by atoms with Crippen LogP contribution in [-0.2, 0) is 0 Å². The van der Waals surface area contributed by atoms with E-state index < -0.39 is 0 Å². The minimum Gasteiger partial charge on any atom is -0.0620 e. The third-order valence-corrected chi connectivity index (χ3v) is 3.95. The van der Waals surface area contributed by atoms with Gasteiger partial charge in [-0.25, -0.2) is 0 Å². The average molecular weight is 297 g/mol. The quantitative estimate of drug-likeness (QED) is 0.550. The van der Waals surface area contributed by atoms with Gasteiger partial charge in [0, 0.05) is 9.86 Å². The number of halogens is 1. The van der Waals surface area contributed by atoms with Gasteiger partial charge in [0.1, 0.15) is 0 Å². The van der Waals surface area contributed by atoms with Crippen LogP contribution in [0.3, 0.4) is 0 Å². The zero-order valence-corrected chi connectivity index (χ0v) is 11.7. The summed E-state index contributed by atoms with van der Waals surface area (Å²) in [4.78, 5) is 0. The number of rotatable bonds is 1. The van der Waals surface area contributed by atoms with Gasteiger partial charge in [0.2, 0.25) is 0 Å². The van der Waals surface area contributed by atoms with Crippen LogP contribution < -0.4 is 0 Å². The van der Waals surface area contributed by atoms with Crippen LogP contribution in [0.15, 0.2) is 65.1 Å². The van der Waals surface area contributed by atoms with Crippen molar-refractivity contribution < 1.29 is 0 Å². The van der Waals surface area contributed by atoms with E-state index in [2.05, 4.69) is 83.5 Å². The molecule has 1 heteroatoms. The molecule has 0 aromatic heterocycles. The van der Waals surface area contributed by atoms with Gasteiger partial charge < -0.3 is 0 Å². The van der Waals surface area contributed by atoms with Gasteiger partial charge in [-0.3, -0.25) is 0 Å². The summed E-state index contributed by atoms with van der Waals surface area (Å²) in [6.45, 7) is 2.16. The molecule has 0 radical (unpaired) electrons. The molecule has 0 N–H and O–H groups in total. The van der Waals surface area contributed by atoms with Crippen LogP contribution in [0.4, 0.5) is 0 Å². The molecular weight excluding hydrogens is 284 g/mol. The largest absolute Gasteiger partial charge is 0.0620 e. The van der Waals surface area contributed by atoms with Crippen LogP contribution in [-0.4, -0.2) is 0 Å². The minimum absolute atomic E-state index is 1.15. The summed E-state index contributed by atoms with van der Waals surface area (Å²) in [6.07, 6.45) is 0. The first-order chi connectivity index (χ1) is 8.77.